The van der Waals surface area contributed by atoms with Gasteiger partial charge in [-0.2, -0.15) is 4.98 Å². The van der Waals surface area contributed by atoms with Gasteiger partial charge in [0.1, 0.15) is 17.5 Å². The third kappa shape index (κ3) is 2.04. The minimum absolute atomic E-state index is 0.0940. The molecule has 20 heavy (non-hydrogen) atoms. The molecule has 2 heterocycles. The first-order valence-electron chi connectivity index (χ1n) is 7.21. The lowest BCUT2D eigenvalue weighted by molar-refractivity contribution is 0.235. The molecule has 2 atom stereocenters. The van der Waals surface area contributed by atoms with Gasteiger partial charge in [0, 0.05) is 6.54 Å². The Morgan fingerprint density at radius 2 is 2.30 bits per heavy atom. The van der Waals surface area contributed by atoms with Gasteiger partial charge in [0.25, 0.3) is 5.71 Å². The van der Waals surface area contributed by atoms with Gasteiger partial charge in [-0.3, -0.25) is 0 Å². The number of nitrogens with two attached hydrogens (primary N) is 1. The molecule has 0 aliphatic heterocycles. The summed E-state index contributed by atoms with van der Waals surface area (Å²) in [5, 5.41) is 8.42. The molecule has 1 saturated carbocycles. The molecule has 0 spiro atoms. The molecule has 6 heteroatoms. The molecule has 0 saturated heterocycles. The highest BCUT2D eigenvalue weighted by molar-refractivity contribution is 5.87. The zero-order valence-corrected chi connectivity index (χ0v) is 12.0. The standard InChI is InChI=1S/C14H21N5O/c1-9-5-3-4-6-14(9,7-15)18-12-11-10(2)19-20-13(11)17-8-16-12/h8-9H,3-7,15H2,1-2H3,(H,16,17,18). The van der Waals surface area contributed by atoms with E-state index in [0.717, 1.165) is 23.3 Å². The van der Waals surface area contributed by atoms with E-state index in [9.17, 15) is 0 Å². The highest BCUT2D eigenvalue weighted by Crippen LogP contribution is 2.37. The number of aromatic nitrogens is 3. The van der Waals surface area contributed by atoms with Crippen LogP contribution in [-0.4, -0.2) is 27.2 Å². The van der Waals surface area contributed by atoms with E-state index in [1.54, 1.807) is 0 Å². The number of aryl methyl sites for hydroxylation is 1. The number of rotatable bonds is 3. The molecule has 1 fully saturated rings. The first kappa shape index (κ1) is 13.3. The lowest BCUT2D eigenvalue weighted by Gasteiger charge is -2.43. The molecule has 6 nitrogen and oxygen atoms in total. The summed E-state index contributed by atoms with van der Waals surface area (Å²) < 4.78 is 5.20. The van der Waals surface area contributed by atoms with Crippen LogP contribution in [0.5, 0.6) is 0 Å². The van der Waals surface area contributed by atoms with E-state index in [0.29, 0.717) is 18.2 Å². The Morgan fingerprint density at radius 1 is 1.45 bits per heavy atom. The van der Waals surface area contributed by atoms with Crippen LogP contribution in [0.3, 0.4) is 0 Å². The van der Waals surface area contributed by atoms with E-state index in [-0.39, 0.29) is 5.54 Å². The average Bonchev–Trinajstić information content (AvgIpc) is 2.84. The van der Waals surface area contributed by atoms with Gasteiger partial charge >= 0.3 is 0 Å². The van der Waals surface area contributed by atoms with Crippen LogP contribution in [0.15, 0.2) is 10.9 Å². The summed E-state index contributed by atoms with van der Waals surface area (Å²) in [6, 6.07) is 0. The van der Waals surface area contributed by atoms with Gasteiger partial charge < -0.3 is 15.6 Å². The summed E-state index contributed by atoms with van der Waals surface area (Å²) in [4.78, 5) is 8.50. The molecule has 0 aromatic carbocycles. The molecule has 2 aromatic rings. The molecular weight excluding hydrogens is 254 g/mol. The van der Waals surface area contributed by atoms with Gasteiger partial charge in [-0.15, -0.1) is 0 Å². The zero-order chi connectivity index (χ0) is 14.2. The summed E-state index contributed by atoms with van der Waals surface area (Å²) in [6.07, 6.45) is 6.25. The van der Waals surface area contributed by atoms with Gasteiger partial charge in [-0.05, 0) is 25.7 Å². The monoisotopic (exact) mass is 275 g/mol. The summed E-state index contributed by atoms with van der Waals surface area (Å²) in [6.45, 7) is 4.77. The van der Waals surface area contributed by atoms with Crippen molar-refractivity contribution in [1.29, 1.82) is 0 Å². The molecule has 1 aliphatic carbocycles. The molecular formula is C14H21N5O. The predicted molar refractivity (Wildman–Crippen MR) is 77.4 cm³/mol. The van der Waals surface area contributed by atoms with Crippen molar-refractivity contribution in [2.45, 2.75) is 45.1 Å². The van der Waals surface area contributed by atoms with E-state index < -0.39 is 0 Å². The Hall–Kier alpha value is -1.69. The third-order valence-corrected chi connectivity index (χ3v) is 4.63. The van der Waals surface area contributed by atoms with Crippen LogP contribution in [0.4, 0.5) is 5.82 Å². The van der Waals surface area contributed by atoms with Crippen LogP contribution in [0, 0.1) is 12.8 Å². The van der Waals surface area contributed by atoms with Crippen molar-refractivity contribution in [2.24, 2.45) is 11.7 Å². The topological polar surface area (TPSA) is 89.9 Å². The molecule has 3 N–H and O–H groups in total. The average molecular weight is 275 g/mol. The van der Waals surface area contributed by atoms with Crippen LogP contribution >= 0.6 is 0 Å². The number of hydrogen-bond acceptors (Lipinski definition) is 6. The third-order valence-electron chi connectivity index (χ3n) is 4.63. The summed E-state index contributed by atoms with van der Waals surface area (Å²) in [5.41, 5.74) is 7.32. The zero-order valence-electron chi connectivity index (χ0n) is 12.0. The molecule has 1 aliphatic rings. The highest BCUT2D eigenvalue weighted by atomic mass is 16.5. The smallest absolute Gasteiger partial charge is 0.263 e. The van der Waals surface area contributed by atoms with Crippen molar-refractivity contribution >= 4 is 16.9 Å². The molecule has 2 unspecified atom stereocenters. The quantitative estimate of drug-likeness (QED) is 0.893. The van der Waals surface area contributed by atoms with Crippen molar-refractivity contribution in [3.05, 3.63) is 12.0 Å². The first-order valence-corrected chi connectivity index (χ1v) is 7.21. The number of nitrogens with one attached hydrogen (secondary N) is 1. The first-order chi connectivity index (χ1) is 9.66. The normalized spacial score (nSPS) is 26.9. The van der Waals surface area contributed by atoms with E-state index in [1.165, 1.54) is 25.6 Å². The Kier molecular flexibility index (Phi) is 3.33. The number of anilines is 1. The number of nitrogens with zero attached hydrogens (tertiary/aromatic N) is 3. The van der Waals surface area contributed by atoms with Gasteiger partial charge in [-0.1, -0.05) is 24.9 Å². The second-order valence-corrected chi connectivity index (χ2v) is 5.80. The van der Waals surface area contributed by atoms with E-state index in [1.807, 2.05) is 6.92 Å². The van der Waals surface area contributed by atoms with Crippen molar-refractivity contribution in [3.8, 4) is 0 Å². The Morgan fingerprint density at radius 3 is 3.05 bits per heavy atom. The van der Waals surface area contributed by atoms with Crippen molar-refractivity contribution in [1.82, 2.24) is 15.1 Å². The second kappa shape index (κ2) is 5.01. The largest absolute Gasteiger partial charge is 0.362 e. The minimum atomic E-state index is -0.0940. The Labute approximate surface area is 118 Å². The van der Waals surface area contributed by atoms with E-state index in [2.05, 4.69) is 27.4 Å². The number of hydrogen-bond donors (Lipinski definition) is 2. The Bertz CT molecular complexity index is 611. The van der Waals surface area contributed by atoms with Crippen LogP contribution in [0.25, 0.3) is 11.1 Å². The molecule has 2 aromatic heterocycles. The van der Waals surface area contributed by atoms with Crippen molar-refractivity contribution in [3.63, 3.8) is 0 Å². The maximum absolute atomic E-state index is 6.09. The van der Waals surface area contributed by atoms with Gasteiger partial charge in [0.05, 0.1) is 11.2 Å². The van der Waals surface area contributed by atoms with Gasteiger partial charge in [-0.25, -0.2) is 4.98 Å². The lowest BCUT2D eigenvalue weighted by atomic mass is 9.73. The van der Waals surface area contributed by atoms with Gasteiger partial charge in [0.15, 0.2) is 0 Å². The lowest BCUT2D eigenvalue weighted by Crippen LogP contribution is -2.52. The maximum atomic E-state index is 6.09. The minimum Gasteiger partial charge on any atom is -0.362 e. The highest BCUT2D eigenvalue weighted by Gasteiger charge is 2.37. The fourth-order valence-electron chi connectivity index (χ4n) is 3.21. The SMILES string of the molecule is Cc1noc2ncnc(NC3(CN)CCCCC3C)c12. The predicted octanol–water partition coefficient (Wildman–Crippen LogP) is 2.25. The number of fused-ring (bicyclic) bond motifs is 1. The maximum Gasteiger partial charge on any atom is 0.263 e. The molecule has 3 rings (SSSR count). The Balaban J connectivity index is 2.01. The van der Waals surface area contributed by atoms with Crippen LogP contribution in [-0.2, 0) is 0 Å². The van der Waals surface area contributed by atoms with Gasteiger partial charge in [0.2, 0.25) is 0 Å². The molecule has 0 amide bonds. The molecule has 108 valence electrons. The summed E-state index contributed by atoms with van der Waals surface area (Å²) in [5.74, 6) is 1.30. The van der Waals surface area contributed by atoms with E-state index in [4.69, 9.17) is 10.3 Å². The van der Waals surface area contributed by atoms with Crippen LogP contribution in [0.1, 0.15) is 38.3 Å². The van der Waals surface area contributed by atoms with Crippen LogP contribution in [0.2, 0.25) is 0 Å². The van der Waals surface area contributed by atoms with Crippen molar-refractivity contribution in [2.75, 3.05) is 11.9 Å². The molecule has 0 radical (unpaired) electrons. The molecule has 0 bridgehead atoms. The second-order valence-electron chi connectivity index (χ2n) is 5.80. The van der Waals surface area contributed by atoms with Crippen LogP contribution < -0.4 is 11.1 Å². The van der Waals surface area contributed by atoms with Crippen molar-refractivity contribution < 1.29 is 4.52 Å². The fourth-order valence-corrected chi connectivity index (χ4v) is 3.21. The summed E-state index contributed by atoms with van der Waals surface area (Å²) in [7, 11) is 0. The summed E-state index contributed by atoms with van der Waals surface area (Å²) >= 11 is 0. The van der Waals surface area contributed by atoms with E-state index >= 15 is 0 Å². The fraction of sp³-hybridized carbons (Fsp3) is 0.643.